The Morgan fingerprint density at radius 1 is 1.32 bits per heavy atom. The molecule has 0 N–H and O–H groups in total. The van der Waals surface area contributed by atoms with E-state index in [1.165, 1.54) is 5.56 Å². The van der Waals surface area contributed by atoms with Gasteiger partial charge in [-0.3, -0.25) is 14.0 Å². The monoisotopic (exact) mass is 292 g/mol. The summed E-state index contributed by atoms with van der Waals surface area (Å²) in [5, 5.41) is 4.73. The zero-order valence-electron chi connectivity index (χ0n) is 12.6. The number of aryl methyl sites for hydroxylation is 2. The Morgan fingerprint density at radius 3 is 3.00 bits per heavy atom. The highest BCUT2D eigenvalue weighted by atomic mass is 16.1. The van der Waals surface area contributed by atoms with E-state index in [1.807, 2.05) is 13.1 Å². The van der Waals surface area contributed by atoms with Crippen LogP contribution in [0.5, 0.6) is 0 Å². The van der Waals surface area contributed by atoms with Crippen molar-refractivity contribution < 1.29 is 0 Å². The topological polar surface area (TPSA) is 52.7 Å². The van der Waals surface area contributed by atoms with Crippen molar-refractivity contribution in [3.63, 3.8) is 0 Å². The number of benzene rings is 1. The van der Waals surface area contributed by atoms with E-state index in [0.29, 0.717) is 17.6 Å². The van der Waals surface area contributed by atoms with Crippen molar-refractivity contribution in [2.75, 3.05) is 0 Å². The predicted molar refractivity (Wildman–Crippen MR) is 86.4 cm³/mol. The van der Waals surface area contributed by atoms with Gasteiger partial charge in [0.1, 0.15) is 11.2 Å². The SMILES string of the molecule is Cc1cccc(/C=C2\CCn3c2nc2c(cnn2C)c3=O)c1. The third-order valence-corrected chi connectivity index (χ3v) is 4.13. The molecule has 0 spiro atoms. The molecule has 0 atom stereocenters. The van der Waals surface area contributed by atoms with Crippen LogP contribution in [-0.2, 0) is 13.6 Å². The van der Waals surface area contributed by atoms with Gasteiger partial charge in [-0.15, -0.1) is 0 Å². The number of rotatable bonds is 1. The minimum atomic E-state index is 0.000687. The van der Waals surface area contributed by atoms with E-state index in [4.69, 9.17) is 0 Å². The molecule has 1 aliphatic heterocycles. The lowest BCUT2D eigenvalue weighted by Gasteiger charge is -2.04. The average Bonchev–Trinajstić information content (AvgIpc) is 3.05. The van der Waals surface area contributed by atoms with Crippen molar-refractivity contribution in [1.82, 2.24) is 19.3 Å². The third-order valence-electron chi connectivity index (χ3n) is 4.13. The molecule has 0 saturated carbocycles. The lowest BCUT2D eigenvalue weighted by Crippen LogP contribution is -2.20. The van der Waals surface area contributed by atoms with E-state index in [1.54, 1.807) is 15.4 Å². The molecule has 3 aromatic rings. The molecule has 22 heavy (non-hydrogen) atoms. The van der Waals surface area contributed by atoms with Gasteiger partial charge in [0.25, 0.3) is 5.56 Å². The van der Waals surface area contributed by atoms with Gasteiger partial charge < -0.3 is 0 Å². The smallest absolute Gasteiger partial charge is 0.264 e. The van der Waals surface area contributed by atoms with Gasteiger partial charge in [-0.1, -0.05) is 29.8 Å². The first kappa shape index (κ1) is 13.0. The fourth-order valence-corrected chi connectivity index (χ4v) is 3.01. The fourth-order valence-electron chi connectivity index (χ4n) is 3.01. The van der Waals surface area contributed by atoms with Crippen LogP contribution < -0.4 is 5.56 Å². The molecule has 0 unspecified atom stereocenters. The standard InChI is InChI=1S/C17H16N4O/c1-11-4-3-5-12(8-11)9-13-6-7-21-15(13)19-16-14(17(21)22)10-18-20(16)2/h3-5,8-10H,6-7H2,1-2H3/b13-9+. The molecular weight excluding hydrogens is 276 g/mol. The van der Waals surface area contributed by atoms with Gasteiger partial charge in [0.05, 0.1) is 6.20 Å². The van der Waals surface area contributed by atoms with Gasteiger partial charge in [0.2, 0.25) is 0 Å². The van der Waals surface area contributed by atoms with Crippen molar-refractivity contribution in [3.05, 3.63) is 57.8 Å². The second-order valence-corrected chi connectivity index (χ2v) is 5.73. The zero-order chi connectivity index (χ0) is 15.3. The molecule has 0 fully saturated rings. The van der Waals surface area contributed by atoms with Crippen LogP contribution in [0.2, 0.25) is 0 Å². The Hall–Kier alpha value is -2.69. The van der Waals surface area contributed by atoms with Gasteiger partial charge in [-0.25, -0.2) is 4.98 Å². The van der Waals surface area contributed by atoms with Crippen LogP contribution in [0.25, 0.3) is 22.7 Å². The summed E-state index contributed by atoms with van der Waals surface area (Å²) in [7, 11) is 1.81. The summed E-state index contributed by atoms with van der Waals surface area (Å²) in [5.41, 5.74) is 4.11. The molecule has 0 bridgehead atoms. The number of aromatic nitrogens is 4. The van der Waals surface area contributed by atoms with Crippen LogP contribution in [0.15, 0.2) is 35.3 Å². The molecule has 0 saturated heterocycles. The van der Waals surface area contributed by atoms with Crippen LogP contribution in [0.4, 0.5) is 0 Å². The Balaban J connectivity index is 1.92. The molecule has 110 valence electrons. The second kappa shape index (κ2) is 4.66. The summed E-state index contributed by atoms with van der Waals surface area (Å²) in [5.74, 6) is 0.766. The molecule has 4 rings (SSSR count). The summed E-state index contributed by atoms with van der Waals surface area (Å²) in [6.07, 6.45) is 4.56. The first-order chi connectivity index (χ1) is 10.6. The number of fused-ring (bicyclic) bond motifs is 2. The van der Waals surface area contributed by atoms with Crippen LogP contribution in [0.3, 0.4) is 0 Å². The number of nitrogens with zero attached hydrogens (tertiary/aromatic N) is 4. The first-order valence-corrected chi connectivity index (χ1v) is 7.33. The molecule has 2 aromatic heterocycles. The first-order valence-electron chi connectivity index (χ1n) is 7.33. The van der Waals surface area contributed by atoms with Crippen molar-refractivity contribution in [2.24, 2.45) is 7.05 Å². The van der Waals surface area contributed by atoms with E-state index in [-0.39, 0.29) is 5.56 Å². The average molecular weight is 292 g/mol. The minimum Gasteiger partial charge on any atom is -0.292 e. The molecule has 0 radical (unpaired) electrons. The van der Waals surface area contributed by atoms with Crippen LogP contribution in [-0.4, -0.2) is 19.3 Å². The molecular formula is C17H16N4O. The Morgan fingerprint density at radius 2 is 2.18 bits per heavy atom. The summed E-state index contributed by atoms with van der Waals surface area (Å²) in [6.45, 7) is 2.76. The third kappa shape index (κ3) is 1.89. The van der Waals surface area contributed by atoms with Crippen molar-refractivity contribution >= 4 is 22.7 Å². The van der Waals surface area contributed by atoms with E-state index in [9.17, 15) is 4.79 Å². The molecule has 0 aliphatic carbocycles. The number of allylic oxidation sites excluding steroid dienone is 1. The molecule has 5 nitrogen and oxygen atoms in total. The van der Waals surface area contributed by atoms with Gasteiger partial charge in [0, 0.05) is 13.6 Å². The Kier molecular flexibility index (Phi) is 2.76. The zero-order valence-corrected chi connectivity index (χ0v) is 12.6. The maximum atomic E-state index is 12.5. The lowest BCUT2D eigenvalue weighted by molar-refractivity contribution is 0.720. The molecule has 1 aromatic carbocycles. The van der Waals surface area contributed by atoms with Crippen molar-refractivity contribution in [3.8, 4) is 0 Å². The summed E-state index contributed by atoms with van der Waals surface area (Å²) >= 11 is 0. The van der Waals surface area contributed by atoms with Crippen molar-refractivity contribution in [2.45, 2.75) is 19.9 Å². The molecule has 5 heteroatoms. The van der Waals surface area contributed by atoms with Gasteiger partial charge >= 0.3 is 0 Å². The summed E-state index contributed by atoms with van der Waals surface area (Å²) in [4.78, 5) is 17.2. The Bertz CT molecular complexity index is 978. The highest BCUT2D eigenvalue weighted by Gasteiger charge is 2.22. The lowest BCUT2D eigenvalue weighted by atomic mass is 10.1. The number of hydrogen-bond acceptors (Lipinski definition) is 3. The largest absolute Gasteiger partial charge is 0.292 e. The van der Waals surface area contributed by atoms with Crippen LogP contribution in [0, 0.1) is 6.92 Å². The van der Waals surface area contributed by atoms with E-state index in [2.05, 4.69) is 41.3 Å². The fraction of sp³-hybridized carbons (Fsp3) is 0.235. The van der Waals surface area contributed by atoms with Gasteiger partial charge in [-0.2, -0.15) is 5.10 Å². The number of hydrogen-bond donors (Lipinski definition) is 0. The maximum Gasteiger partial charge on any atom is 0.264 e. The molecule has 1 aliphatic rings. The normalized spacial score (nSPS) is 15.6. The summed E-state index contributed by atoms with van der Waals surface area (Å²) < 4.78 is 3.41. The highest BCUT2D eigenvalue weighted by molar-refractivity contribution is 5.83. The van der Waals surface area contributed by atoms with Crippen molar-refractivity contribution in [1.29, 1.82) is 0 Å². The van der Waals surface area contributed by atoms with Gasteiger partial charge in [-0.05, 0) is 30.6 Å². The second-order valence-electron chi connectivity index (χ2n) is 5.73. The van der Waals surface area contributed by atoms with Crippen LogP contribution in [0.1, 0.15) is 23.4 Å². The van der Waals surface area contributed by atoms with Crippen LogP contribution >= 0.6 is 0 Å². The van der Waals surface area contributed by atoms with Gasteiger partial charge in [0.15, 0.2) is 5.65 Å². The summed E-state index contributed by atoms with van der Waals surface area (Å²) in [6, 6.07) is 8.33. The molecule has 0 amide bonds. The predicted octanol–water partition coefficient (Wildman–Crippen LogP) is 2.38. The Labute approximate surface area is 127 Å². The minimum absolute atomic E-state index is 0.000687. The maximum absolute atomic E-state index is 12.5. The van der Waals surface area contributed by atoms with E-state index >= 15 is 0 Å². The molecule has 3 heterocycles. The van der Waals surface area contributed by atoms with E-state index in [0.717, 1.165) is 23.4 Å². The van der Waals surface area contributed by atoms with E-state index < -0.39 is 0 Å². The highest BCUT2D eigenvalue weighted by Crippen LogP contribution is 2.27. The quantitative estimate of drug-likeness (QED) is 0.692.